The molecule has 0 aliphatic heterocycles. The lowest BCUT2D eigenvalue weighted by Gasteiger charge is -2.08. The molecule has 2 unspecified atom stereocenters. The number of rotatable bonds is 5. The van der Waals surface area contributed by atoms with Crippen molar-refractivity contribution in [2.45, 2.75) is 10.9 Å². The highest BCUT2D eigenvalue weighted by atomic mass is 32.2. The van der Waals surface area contributed by atoms with Gasteiger partial charge in [-0.2, -0.15) is 0 Å². The molecule has 1 amide bonds. The maximum absolute atomic E-state index is 11.8. The van der Waals surface area contributed by atoms with Crippen LogP contribution in [0.5, 0.6) is 5.75 Å². The quantitative estimate of drug-likeness (QED) is 0.735. The van der Waals surface area contributed by atoms with Crippen molar-refractivity contribution in [2.24, 2.45) is 11.5 Å². The number of primary amides is 1. The topological polar surface area (TPSA) is 95.4 Å². The Bertz CT molecular complexity index is 409. The summed E-state index contributed by atoms with van der Waals surface area (Å²) < 4.78 is 16.8. The van der Waals surface area contributed by atoms with Crippen LogP contribution in [0.25, 0.3) is 0 Å². The summed E-state index contributed by atoms with van der Waals surface area (Å²) in [6.07, 6.45) is 0. The Labute approximate surface area is 96.2 Å². The van der Waals surface area contributed by atoms with Gasteiger partial charge in [0, 0.05) is 4.90 Å². The van der Waals surface area contributed by atoms with Crippen LogP contribution in [-0.2, 0) is 15.6 Å². The molecule has 1 aromatic rings. The third-order valence-corrected chi connectivity index (χ3v) is 3.44. The summed E-state index contributed by atoms with van der Waals surface area (Å²) in [5, 5.41) is 0. The standard InChI is InChI=1S/C10H14N2O3S/c1-15-7-3-2-4-8(5-7)16(14)6-9(11)10(12)13/h2-5,9H,6,11H2,1H3,(H2,12,13). The largest absolute Gasteiger partial charge is 0.497 e. The van der Waals surface area contributed by atoms with Gasteiger partial charge in [-0.05, 0) is 18.2 Å². The van der Waals surface area contributed by atoms with Crippen molar-refractivity contribution in [1.29, 1.82) is 0 Å². The van der Waals surface area contributed by atoms with Gasteiger partial charge in [0.1, 0.15) is 5.75 Å². The molecule has 0 spiro atoms. The van der Waals surface area contributed by atoms with Crippen LogP contribution < -0.4 is 16.2 Å². The Balaban J connectivity index is 2.76. The molecule has 0 fully saturated rings. The highest BCUT2D eigenvalue weighted by Gasteiger charge is 2.15. The van der Waals surface area contributed by atoms with E-state index in [1.54, 1.807) is 24.3 Å². The Morgan fingerprint density at radius 3 is 2.81 bits per heavy atom. The summed E-state index contributed by atoms with van der Waals surface area (Å²) in [5.74, 6) is -0.0302. The van der Waals surface area contributed by atoms with E-state index in [2.05, 4.69) is 0 Å². The predicted molar refractivity (Wildman–Crippen MR) is 61.4 cm³/mol. The van der Waals surface area contributed by atoms with E-state index >= 15 is 0 Å². The van der Waals surface area contributed by atoms with Crippen molar-refractivity contribution in [1.82, 2.24) is 0 Å². The molecule has 0 aliphatic carbocycles. The Morgan fingerprint density at radius 2 is 2.25 bits per heavy atom. The van der Waals surface area contributed by atoms with Crippen LogP contribution in [0.15, 0.2) is 29.2 Å². The number of amides is 1. The van der Waals surface area contributed by atoms with Gasteiger partial charge in [-0.3, -0.25) is 9.00 Å². The van der Waals surface area contributed by atoms with E-state index < -0.39 is 22.7 Å². The second-order valence-corrected chi connectivity index (χ2v) is 4.70. The molecule has 4 N–H and O–H groups in total. The average Bonchev–Trinajstić information content (AvgIpc) is 2.28. The van der Waals surface area contributed by atoms with Gasteiger partial charge in [0.25, 0.3) is 0 Å². The number of carbonyl (C=O) groups excluding carboxylic acids is 1. The molecule has 5 nitrogen and oxygen atoms in total. The second-order valence-electron chi connectivity index (χ2n) is 3.20. The van der Waals surface area contributed by atoms with Gasteiger partial charge in [0.15, 0.2) is 0 Å². The molecule has 0 aliphatic rings. The zero-order valence-electron chi connectivity index (χ0n) is 8.88. The van der Waals surface area contributed by atoms with E-state index in [0.717, 1.165) is 0 Å². The smallest absolute Gasteiger partial charge is 0.235 e. The maximum atomic E-state index is 11.8. The van der Waals surface area contributed by atoms with Crippen molar-refractivity contribution in [3.8, 4) is 5.75 Å². The number of hydrogen-bond donors (Lipinski definition) is 2. The van der Waals surface area contributed by atoms with Crippen LogP contribution in [0.4, 0.5) is 0 Å². The Morgan fingerprint density at radius 1 is 1.56 bits per heavy atom. The molecule has 0 saturated carbocycles. The number of methoxy groups -OCH3 is 1. The molecule has 0 saturated heterocycles. The van der Waals surface area contributed by atoms with E-state index in [1.165, 1.54) is 7.11 Å². The molecule has 1 aromatic carbocycles. The summed E-state index contributed by atoms with van der Waals surface area (Å²) in [6.45, 7) is 0. The highest BCUT2D eigenvalue weighted by Crippen LogP contribution is 2.15. The SMILES string of the molecule is COc1cccc(S(=O)CC(N)C(N)=O)c1. The van der Waals surface area contributed by atoms with Crippen molar-refractivity contribution in [2.75, 3.05) is 12.9 Å². The second kappa shape index (κ2) is 5.62. The first-order valence-corrected chi connectivity index (χ1v) is 5.94. The Hall–Kier alpha value is -1.40. The van der Waals surface area contributed by atoms with E-state index in [1.807, 2.05) is 0 Å². The molecule has 1 rings (SSSR count). The summed E-state index contributed by atoms with van der Waals surface area (Å²) in [4.78, 5) is 11.3. The van der Waals surface area contributed by atoms with Crippen molar-refractivity contribution in [3.63, 3.8) is 0 Å². The van der Waals surface area contributed by atoms with Gasteiger partial charge in [-0.25, -0.2) is 0 Å². The van der Waals surface area contributed by atoms with Gasteiger partial charge < -0.3 is 16.2 Å². The van der Waals surface area contributed by atoms with Crippen LogP contribution in [0.2, 0.25) is 0 Å². The molecule has 0 bridgehead atoms. The zero-order chi connectivity index (χ0) is 12.1. The lowest BCUT2D eigenvalue weighted by Crippen LogP contribution is -2.40. The molecule has 0 aromatic heterocycles. The third-order valence-electron chi connectivity index (χ3n) is 2.00. The maximum Gasteiger partial charge on any atom is 0.235 e. The number of ether oxygens (including phenoxy) is 1. The molecular weight excluding hydrogens is 228 g/mol. The fraction of sp³-hybridized carbons (Fsp3) is 0.300. The first-order chi connectivity index (χ1) is 7.54. The minimum absolute atomic E-state index is 0.0164. The van der Waals surface area contributed by atoms with E-state index in [9.17, 15) is 9.00 Å². The molecule has 88 valence electrons. The van der Waals surface area contributed by atoms with Crippen molar-refractivity contribution >= 4 is 16.7 Å². The predicted octanol–water partition coefficient (Wildman–Crippen LogP) is -0.385. The van der Waals surface area contributed by atoms with Crippen molar-refractivity contribution < 1.29 is 13.7 Å². The molecular formula is C10H14N2O3S. The average molecular weight is 242 g/mol. The van der Waals surface area contributed by atoms with Gasteiger partial charge >= 0.3 is 0 Å². The van der Waals surface area contributed by atoms with Gasteiger partial charge in [-0.1, -0.05) is 6.07 Å². The summed E-state index contributed by atoms with van der Waals surface area (Å²) in [6, 6.07) is 5.90. The van der Waals surface area contributed by atoms with Crippen LogP contribution in [0, 0.1) is 0 Å². The van der Waals surface area contributed by atoms with Crippen LogP contribution in [0.1, 0.15) is 0 Å². The third kappa shape index (κ3) is 3.32. The zero-order valence-corrected chi connectivity index (χ0v) is 9.70. The summed E-state index contributed by atoms with van der Waals surface area (Å²) >= 11 is 0. The van der Waals surface area contributed by atoms with Crippen LogP contribution in [-0.4, -0.2) is 29.0 Å². The van der Waals surface area contributed by atoms with Crippen LogP contribution >= 0.6 is 0 Å². The molecule has 0 radical (unpaired) electrons. The number of benzene rings is 1. The Kier molecular flexibility index (Phi) is 4.45. The number of carbonyl (C=O) groups is 1. The van der Waals surface area contributed by atoms with E-state index in [4.69, 9.17) is 16.2 Å². The molecule has 6 heteroatoms. The monoisotopic (exact) mass is 242 g/mol. The first kappa shape index (κ1) is 12.7. The lowest BCUT2D eigenvalue weighted by molar-refractivity contribution is -0.118. The van der Waals surface area contributed by atoms with E-state index in [0.29, 0.717) is 10.6 Å². The lowest BCUT2D eigenvalue weighted by atomic mass is 10.3. The normalized spacial score (nSPS) is 14.1. The minimum atomic E-state index is -1.35. The highest BCUT2D eigenvalue weighted by molar-refractivity contribution is 7.85. The summed E-state index contributed by atoms with van der Waals surface area (Å²) in [5.41, 5.74) is 10.4. The van der Waals surface area contributed by atoms with Gasteiger partial charge in [-0.15, -0.1) is 0 Å². The molecule has 16 heavy (non-hydrogen) atoms. The summed E-state index contributed by atoms with van der Waals surface area (Å²) in [7, 11) is 0.173. The number of nitrogens with two attached hydrogens (primary N) is 2. The number of hydrogen-bond acceptors (Lipinski definition) is 4. The van der Waals surface area contributed by atoms with Gasteiger partial charge in [0.05, 0.1) is 29.7 Å². The van der Waals surface area contributed by atoms with Crippen molar-refractivity contribution in [3.05, 3.63) is 24.3 Å². The fourth-order valence-corrected chi connectivity index (χ4v) is 2.25. The minimum Gasteiger partial charge on any atom is -0.497 e. The van der Waals surface area contributed by atoms with E-state index in [-0.39, 0.29) is 5.75 Å². The first-order valence-electron chi connectivity index (χ1n) is 4.62. The molecule has 0 heterocycles. The molecule has 2 atom stereocenters. The van der Waals surface area contributed by atoms with Crippen LogP contribution in [0.3, 0.4) is 0 Å². The van der Waals surface area contributed by atoms with Gasteiger partial charge in [0.2, 0.25) is 5.91 Å². The fourth-order valence-electron chi connectivity index (χ4n) is 1.08.